The van der Waals surface area contributed by atoms with Gasteiger partial charge in [-0.2, -0.15) is 0 Å². The molecule has 0 heterocycles. The van der Waals surface area contributed by atoms with Crippen molar-refractivity contribution in [3.8, 4) is 0 Å². The highest BCUT2D eigenvalue weighted by atomic mass is 32.2. The van der Waals surface area contributed by atoms with Crippen LogP contribution in [0.15, 0.2) is 30.3 Å². The van der Waals surface area contributed by atoms with Crippen LogP contribution in [-0.2, 0) is 4.79 Å². The van der Waals surface area contributed by atoms with Crippen molar-refractivity contribution in [1.29, 1.82) is 0 Å². The maximum absolute atomic E-state index is 11.5. The SMILES string of the molecule is C[C@@H](C=O)CSC(=O)c1ccccc1. The number of carbonyl (C=O) groups excluding carboxylic acids is 2. The minimum absolute atomic E-state index is 0.0271. The lowest BCUT2D eigenvalue weighted by atomic mass is 10.2. The third-order valence-corrected chi connectivity index (χ3v) is 2.91. The summed E-state index contributed by atoms with van der Waals surface area (Å²) in [6, 6.07) is 9.09. The van der Waals surface area contributed by atoms with Crippen molar-refractivity contribution >= 4 is 23.2 Å². The first-order chi connectivity index (χ1) is 6.74. The normalized spacial score (nSPS) is 12.1. The van der Waals surface area contributed by atoms with Gasteiger partial charge in [-0.15, -0.1) is 0 Å². The van der Waals surface area contributed by atoms with Gasteiger partial charge in [0.05, 0.1) is 0 Å². The summed E-state index contributed by atoms with van der Waals surface area (Å²) in [6.07, 6.45) is 0.866. The Hall–Kier alpha value is -1.09. The molecule has 2 nitrogen and oxygen atoms in total. The Morgan fingerprint density at radius 2 is 2.07 bits per heavy atom. The number of carbonyl (C=O) groups is 2. The predicted molar refractivity (Wildman–Crippen MR) is 58.5 cm³/mol. The second-order valence-electron chi connectivity index (χ2n) is 3.08. The number of benzene rings is 1. The Bertz CT molecular complexity index is 308. The van der Waals surface area contributed by atoms with Crippen molar-refractivity contribution in [2.75, 3.05) is 5.75 Å². The third kappa shape index (κ3) is 3.34. The maximum Gasteiger partial charge on any atom is 0.219 e. The molecule has 3 heteroatoms. The van der Waals surface area contributed by atoms with E-state index in [1.807, 2.05) is 18.2 Å². The second kappa shape index (κ2) is 5.60. The predicted octanol–water partition coefficient (Wildman–Crippen LogP) is 2.40. The van der Waals surface area contributed by atoms with E-state index in [0.717, 1.165) is 6.29 Å². The summed E-state index contributed by atoms with van der Waals surface area (Å²) in [5.74, 6) is 0.490. The van der Waals surface area contributed by atoms with Gasteiger partial charge in [-0.1, -0.05) is 49.0 Å². The highest BCUT2D eigenvalue weighted by Gasteiger charge is 2.08. The van der Waals surface area contributed by atoms with Crippen LogP contribution in [-0.4, -0.2) is 17.2 Å². The van der Waals surface area contributed by atoms with Gasteiger partial charge in [-0.3, -0.25) is 4.79 Å². The van der Waals surface area contributed by atoms with Gasteiger partial charge in [0.25, 0.3) is 0 Å². The van der Waals surface area contributed by atoms with Gasteiger partial charge in [0.1, 0.15) is 6.29 Å². The fraction of sp³-hybridized carbons (Fsp3) is 0.273. The lowest BCUT2D eigenvalue weighted by Crippen LogP contribution is -2.03. The molecule has 0 N–H and O–H groups in total. The molecule has 1 atom stereocenters. The van der Waals surface area contributed by atoms with E-state index >= 15 is 0 Å². The second-order valence-corrected chi connectivity index (χ2v) is 4.07. The quantitative estimate of drug-likeness (QED) is 0.712. The minimum Gasteiger partial charge on any atom is -0.303 e. The third-order valence-electron chi connectivity index (χ3n) is 1.72. The van der Waals surface area contributed by atoms with E-state index in [-0.39, 0.29) is 11.0 Å². The van der Waals surface area contributed by atoms with Crippen LogP contribution < -0.4 is 0 Å². The zero-order valence-electron chi connectivity index (χ0n) is 7.97. The van der Waals surface area contributed by atoms with E-state index in [0.29, 0.717) is 11.3 Å². The Morgan fingerprint density at radius 1 is 1.43 bits per heavy atom. The topological polar surface area (TPSA) is 34.1 Å². The maximum atomic E-state index is 11.5. The smallest absolute Gasteiger partial charge is 0.219 e. The summed E-state index contributed by atoms with van der Waals surface area (Å²) in [7, 11) is 0. The van der Waals surface area contributed by atoms with Crippen LogP contribution in [0, 0.1) is 5.92 Å². The first-order valence-corrected chi connectivity index (χ1v) is 5.40. The Morgan fingerprint density at radius 3 is 2.64 bits per heavy atom. The van der Waals surface area contributed by atoms with Crippen molar-refractivity contribution in [2.24, 2.45) is 5.92 Å². The van der Waals surface area contributed by atoms with Crippen LogP contribution in [0.4, 0.5) is 0 Å². The fourth-order valence-corrected chi connectivity index (χ4v) is 1.70. The van der Waals surface area contributed by atoms with Gasteiger partial charge in [0, 0.05) is 17.2 Å². The standard InChI is InChI=1S/C11H12O2S/c1-9(7-12)8-14-11(13)10-5-3-2-4-6-10/h2-7,9H,8H2,1H3/t9-/m0/s1. The van der Waals surface area contributed by atoms with Gasteiger partial charge in [0.15, 0.2) is 0 Å². The summed E-state index contributed by atoms with van der Waals surface area (Å²) in [6.45, 7) is 1.80. The van der Waals surface area contributed by atoms with Crippen molar-refractivity contribution in [1.82, 2.24) is 0 Å². The monoisotopic (exact) mass is 208 g/mol. The van der Waals surface area contributed by atoms with Crippen LogP contribution in [0.3, 0.4) is 0 Å². The molecule has 1 aromatic carbocycles. The molecule has 0 aromatic heterocycles. The van der Waals surface area contributed by atoms with Crippen molar-refractivity contribution in [2.45, 2.75) is 6.92 Å². The van der Waals surface area contributed by atoms with E-state index in [2.05, 4.69) is 0 Å². The number of thioether (sulfide) groups is 1. The molecule has 0 fully saturated rings. The molecule has 1 aromatic rings. The average Bonchev–Trinajstić information content (AvgIpc) is 2.26. The largest absolute Gasteiger partial charge is 0.303 e. The summed E-state index contributed by atoms with van der Waals surface area (Å²) < 4.78 is 0. The molecule has 74 valence electrons. The molecule has 0 aliphatic heterocycles. The number of rotatable bonds is 4. The highest BCUT2D eigenvalue weighted by Crippen LogP contribution is 2.14. The van der Waals surface area contributed by atoms with Gasteiger partial charge in [-0.25, -0.2) is 0 Å². The lowest BCUT2D eigenvalue weighted by Gasteiger charge is -2.02. The molecule has 14 heavy (non-hydrogen) atoms. The van der Waals surface area contributed by atoms with Gasteiger partial charge < -0.3 is 4.79 Å². The van der Waals surface area contributed by atoms with E-state index < -0.39 is 0 Å². The lowest BCUT2D eigenvalue weighted by molar-refractivity contribution is -0.110. The van der Waals surface area contributed by atoms with Crippen LogP contribution >= 0.6 is 11.8 Å². The molecule has 0 aliphatic rings. The summed E-state index contributed by atoms with van der Waals surface area (Å²) in [4.78, 5) is 21.8. The zero-order chi connectivity index (χ0) is 10.4. The summed E-state index contributed by atoms with van der Waals surface area (Å²) in [5, 5.41) is 0.0271. The number of hydrogen-bond donors (Lipinski definition) is 0. The molecule has 0 unspecified atom stereocenters. The zero-order valence-corrected chi connectivity index (χ0v) is 8.79. The molecule has 0 bridgehead atoms. The summed E-state index contributed by atoms with van der Waals surface area (Å²) in [5.41, 5.74) is 0.690. The first-order valence-electron chi connectivity index (χ1n) is 4.41. The Kier molecular flexibility index (Phi) is 4.40. The minimum atomic E-state index is -0.0623. The van der Waals surface area contributed by atoms with Crippen LogP contribution in [0.5, 0.6) is 0 Å². The molecule has 0 saturated heterocycles. The van der Waals surface area contributed by atoms with Crippen LogP contribution in [0.25, 0.3) is 0 Å². The molecule has 0 aliphatic carbocycles. The van der Waals surface area contributed by atoms with Gasteiger partial charge in [0.2, 0.25) is 5.12 Å². The number of aldehydes is 1. The Balaban J connectivity index is 2.47. The molecular formula is C11H12O2S. The van der Waals surface area contributed by atoms with Gasteiger partial charge >= 0.3 is 0 Å². The Labute approximate surface area is 87.7 Å². The fourth-order valence-electron chi connectivity index (χ4n) is 0.904. The molecule has 0 radical (unpaired) electrons. The highest BCUT2D eigenvalue weighted by molar-refractivity contribution is 8.14. The van der Waals surface area contributed by atoms with Crippen molar-refractivity contribution < 1.29 is 9.59 Å². The van der Waals surface area contributed by atoms with E-state index in [1.54, 1.807) is 19.1 Å². The summed E-state index contributed by atoms with van der Waals surface area (Å²) >= 11 is 1.19. The molecule has 0 spiro atoms. The van der Waals surface area contributed by atoms with Crippen molar-refractivity contribution in [3.63, 3.8) is 0 Å². The first kappa shape index (κ1) is 11.0. The van der Waals surface area contributed by atoms with E-state index in [9.17, 15) is 9.59 Å². The van der Waals surface area contributed by atoms with Crippen LogP contribution in [0.2, 0.25) is 0 Å². The molecule has 0 saturated carbocycles. The average molecular weight is 208 g/mol. The van der Waals surface area contributed by atoms with E-state index in [1.165, 1.54) is 11.8 Å². The molecule has 0 amide bonds. The van der Waals surface area contributed by atoms with Gasteiger partial charge in [-0.05, 0) is 0 Å². The number of hydrogen-bond acceptors (Lipinski definition) is 3. The molecule has 1 rings (SSSR count). The van der Waals surface area contributed by atoms with Crippen molar-refractivity contribution in [3.05, 3.63) is 35.9 Å². The van der Waals surface area contributed by atoms with Crippen LogP contribution in [0.1, 0.15) is 17.3 Å². The van der Waals surface area contributed by atoms with E-state index in [4.69, 9.17) is 0 Å². The molecular weight excluding hydrogens is 196 g/mol.